The fourth-order valence-corrected chi connectivity index (χ4v) is 3.31. The van der Waals surface area contributed by atoms with Crippen molar-refractivity contribution in [3.8, 4) is 11.5 Å². The van der Waals surface area contributed by atoms with Crippen molar-refractivity contribution in [3.05, 3.63) is 64.1 Å². The summed E-state index contributed by atoms with van der Waals surface area (Å²) in [5.74, 6) is -1.46. The number of ether oxygens (including phenoxy) is 1. The number of alkyl halides is 3. The van der Waals surface area contributed by atoms with Gasteiger partial charge >= 0.3 is 15.5 Å². The third-order valence-corrected chi connectivity index (χ3v) is 5.48. The van der Waals surface area contributed by atoms with Crippen LogP contribution < -0.4 is 15.0 Å². The van der Waals surface area contributed by atoms with Crippen LogP contribution in [0.15, 0.2) is 47.3 Å². The normalized spacial score (nSPS) is 12.2. The summed E-state index contributed by atoms with van der Waals surface area (Å²) in [7, 11) is -4.57. The van der Waals surface area contributed by atoms with Crippen molar-refractivity contribution in [1.29, 1.82) is 0 Å². The maximum absolute atomic E-state index is 12.9. The smallest absolute Gasteiger partial charge is 0.504 e. The van der Waals surface area contributed by atoms with Gasteiger partial charge in [-0.1, -0.05) is 24.3 Å². The van der Waals surface area contributed by atoms with Crippen molar-refractivity contribution >= 4 is 39.1 Å². The Labute approximate surface area is 184 Å². The molecule has 0 aliphatic rings. The molecule has 0 aliphatic carbocycles. The summed E-state index contributed by atoms with van der Waals surface area (Å²) < 4.78 is 66.8. The minimum Gasteiger partial charge on any atom is -0.504 e. The molecule has 0 radical (unpaired) electrons. The molecule has 33 heavy (non-hydrogen) atoms. The molecule has 13 heteroatoms. The van der Waals surface area contributed by atoms with Crippen molar-refractivity contribution in [2.24, 2.45) is 0 Å². The predicted molar refractivity (Wildman–Crippen MR) is 113 cm³/mol. The van der Waals surface area contributed by atoms with Crippen LogP contribution >= 0.6 is 0 Å². The van der Waals surface area contributed by atoms with Crippen molar-refractivity contribution in [2.45, 2.75) is 12.1 Å². The molecule has 2 aromatic carbocycles. The Balaban J connectivity index is 2.01. The fraction of sp³-hybridized carbons (Fsp3) is 0.150. The Morgan fingerprint density at radius 2 is 1.91 bits per heavy atom. The Kier molecular flexibility index (Phi) is 6.44. The number of halogens is 3. The standard InChI is InChI=1S/C20H16F3N3O6S/c1-32-17-10-12(7-9-16(17)27)6-8-14-19(29)26(15-5-3-2-4-13(15)24-14)11-18(28)25-33(30,31)20(21,22)23/h2-10,27H,11H2,1H3,(H,25,28)/b8-6+. The summed E-state index contributed by atoms with van der Waals surface area (Å²) in [6.07, 6.45) is 2.78. The lowest BCUT2D eigenvalue weighted by atomic mass is 10.1. The molecule has 0 saturated heterocycles. The lowest BCUT2D eigenvalue weighted by molar-refractivity contribution is -0.120. The third kappa shape index (κ3) is 5.14. The Morgan fingerprint density at radius 1 is 1.21 bits per heavy atom. The molecular formula is C20H16F3N3O6S. The van der Waals surface area contributed by atoms with Crippen LogP contribution in [-0.2, 0) is 21.4 Å². The first-order valence-corrected chi connectivity index (χ1v) is 10.6. The molecule has 1 heterocycles. The number of sulfonamides is 1. The number of carbonyl (C=O) groups excluding carboxylic acids is 1. The zero-order valence-corrected chi connectivity index (χ0v) is 17.6. The van der Waals surface area contributed by atoms with Crippen LogP contribution in [-0.4, -0.2) is 41.6 Å². The van der Waals surface area contributed by atoms with Crippen molar-refractivity contribution in [1.82, 2.24) is 14.3 Å². The molecule has 0 unspecified atom stereocenters. The lowest BCUT2D eigenvalue weighted by Gasteiger charge is -2.13. The van der Waals surface area contributed by atoms with E-state index in [0.717, 1.165) is 9.29 Å². The van der Waals surface area contributed by atoms with Crippen LogP contribution in [0.4, 0.5) is 13.2 Å². The Morgan fingerprint density at radius 3 is 2.58 bits per heavy atom. The fourth-order valence-electron chi connectivity index (χ4n) is 2.83. The first-order chi connectivity index (χ1) is 15.4. The predicted octanol–water partition coefficient (Wildman–Crippen LogP) is 2.25. The van der Waals surface area contributed by atoms with Gasteiger partial charge in [0.15, 0.2) is 11.5 Å². The molecule has 9 nitrogen and oxygen atoms in total. The van der Waals surface area contributed by atoms with Crippen molar-refractivity contribution < 1.29 is 36.2 Å². The molecule has 0 bridgehead atoms. The minimum atomic E-state index is -5.93. The van der Waals surface area contributed by atoms with E-state index in [1.54, 1.807) is 6.07 Å². The molecule has 3 rings (SSSR count). The van der Waals surface area contributed by atoms with Gasteiger partial charge in [0.05, 0.1) is 18.1 Å². The molecule has 0 atom stereocenters. The summed E-state index contributed by atoms with van der Waals surface area (Å²) >= 11 is 0. The first kappa shape index (κ1) is 23.8. The number of hydrogen-bond donors (Lipinski definition) is 2. The van der Waals surface area contributed by atoms with Crippen LogP contribution in [0.25, 0.3) is 23.2 Å². The highest BCUT2D eigenvalue weighted by Gasteiger charge is 2.47. The number of nitrogens with zero attached hydrogens (tertiary/aromatic N) is 2. The van der Waals surface area contributed by atoms with Crippen LogP contribution in [0.3, 0.4) is 0 Å². The average Bonchev–Trinajstić information content (AvgIpc) is 2.74. The molecule has 174 valence electrons. The highest BCUT2D eigenvalue weighted by Crippen LogP contribution is 2.27. The molecule has 1 aromatic heterocycles. The Hall–Kier alpha value is -3.87. The second-order valence-corrected chi connectivity index (χ2v) is 8.29. The van der Waals surface area contributed by atoms with Gasteiger partial charge in [-0.15, -0.1) is 0 Å². The number of rotatable bonds is 6. The zero-order chi connectivity index (χ0) is 24.4. The summed E-state index contributed by atoms with van der Waals surface area (Å²) in [5.41, 5.74) is -5.80. The van der Waals surface area contributed by atoms with E-state index < -0.39 is 33.5 Å². The minimum absolute atomic E-state index is 0.0966. The van der Waals surface area contributed by atoms with Gasteiger partial charge in [0.2, 0.25) is 0 Å². The molecule has 0 fully saturated rings. The highest BCUT2D eigenvalue weighted by molar-refractivity contribution is 7.90. The number of aromatic hydroxyl groups is 1. The number of nitrogens with one attached hydrogen (secondary N) is 1. The van der Waals surface area contributed by atoms with E-state index in [4.69, 9.17) is 4.74 Å². The second-order valence-electron chi connectivity index (χ2n) is 6.62. The van der Waals surface area contributed by atoms with E-state index in [-0.39, 0.29) is 28.2 Å². The molecule has 3 aromatic rings. The van der Waals surface area contributed by atoms with Gasteiger partial charge in [-0.2, -0.15) is 21.6 Å². The topological polar surface area (TPSA) is 128 Å². The number of phenolic OH excluding ortho intramolecular Hbond substituents is 1. The monoisotopic (exact) mass is 483 g/mol. The van der Waals surface area contributed by atoms with Gasteiger partial charge in [0.1, 0.15) is 12.2 Å². The number of hydrogen-bond acceptors (Lipinski definition) is 7. The SMILES string of the molecule is COc1cc(/C=C/c2nc3ccccc3n(CC(=O)NS(=O)(=O)C(F)(F)F)c2=O)ccc1O. The van der Waals surface area contributed by atoms with Crippen LogP contribution in [0.2, 0.25) is 0 Å². The quantitative estimate of drug-likeness (QED) is 0.551. The van der Waals surface area contributed by atoms with E-state index >= 15 is 0 Å². The van der Waals surface area contributed by atoms with Gasteiger partial charge < -0.3 is 9.84 Å². The highest BCUT2D eigenvalue weighted by atomic mass is 32.2. The van der Waals surface area contributed by atoms with E-state index in [2.05, 4.69) is 4.98 Å². The maximum Gasteiger partial charge on any atom is 0.516 e. The maximum atomic E-state index is 12.9. The number of amides is 1. The van der Waals surface area contributed by atoms with Gasteiger partial charge in [0.25, 0.3) is 11.5 Å². The van der Waals surface area contributed by atoms with Gasteiger partial charge in [0, 0.05) is 0 Å². The number of para-hydroxylation sites is 2. The van der Waals surface area contributed by atoms with Crippen LogP contribution in [0.1, 0.15) is 11.3 Å². The number of carbonyl (C=O) groups is 1. The summed E-state index contributed by atoms with van der Waals surface area (Å²) in [6, 6.07) is 10.4. The summed E-state index contributed by atoms with van der Waals surface area (Å²) in [5, 5.41) is 9.67. The van der Waals surface area contributed by atoms with E-state index in [9.17, 15) is 36.3 Å². The number of fused-ring (bicyclic) bond motifs is 1. The molecule has 0 aliphatic heterocycles. The van der Waals surface area contributed by atoms with Crippen molar-refractivity contribution in [3.63, 3.8) is 0 Å². The van der Waals surface area contributed by atoms with Gasteiger partial charge in [-0.25, -0.2) is 9.71 Å². The number of phenols is 1. The van der Waals surface area contributed by atoms with E-state index in [1.165, 1.54) is 55.7 Å². The molecule has 0 spiro atoms. The second kappa shape index (κ2) is 8.94. The zero-order valence-electron chi connectivity index (χ0n) is 16.8. The first-order valence-electron chi connectivity index (χ1n) is 9.09. The summed E-state index contributed by atoms with van der Waals surface area (Å²) in [6.45, 7) is -0.995. The van der Waals surface area contributed by atoms with E-state index in [0.29, 0.717) is 5.56 Å². The van der Waals surface area contributed by atoms with E-state index in [1.807, 2.05) is 0 Å². The number of benzene rings is 2. The lowest BCUT2D eigenvalue weighted by Crippen LogP contribution is -2.43. The average molecular weight is 483 g/mol. The van der Waals surface area contributed by atoms with Crippen LogP contribution in [0, 0.1) is 0 Å². The largest absolute Gasteiger partial charge is 0.516 e. The van der Waals surface area contributed by atoms with Gasteiger partial charge in [-0.3, -0.25) is 14.2 Å². The molecule has 1 amide bonds. The molecule has 0 saturated carbocycles. The van der Waals surface area contributed by atoms with Crippen molar-refractivity contribution in [2.75, 3.05) is 7.11 Å². The molecule has 2 N–H and O–H groups in total. The number of methoxy groups -OCH3 is 1. The Bertz CT molecular complexity index is 1410. The van der Waals surface area contributed by atoms with Gasteiger partial charge in [-0.05, 0) is 35.9 Å². The third-order valence-electron chi connectivity index (χ3n) is 4.37. The van der Waals surface area contributed by atoms with Crippen LogP contribution in [0.5, 0.6) is 11.5 Å². The number of aromatic nitrogens is 2. The summed E-state index contributed by atoms with van der Waals surface area (Å²) in [4.78, 5) is 29.2. The molecular weight excluding hydrogens is 467 g/mol.